The van der Waals surface area contributed by atoms with Crippen LogP contribution in [0.25, 0.3) is 0 Å². The standard InChI is InChI=1S/C22H30N2O5S2/c1-23(14-11-17-7-9-19(28-2)20(15-17)29-3)21(25)16-18-8-10-22(30-18)31(26,27)24-12-5-4-6-13-24/h7-10,15H,4-6,11-14,16H2,1-3H3. The molecule has 0 radical (unpaired) electrons. The Morgan fingerprint density at radius 1 is 1.06 bits per heavy atom. The molecule has 1 aromatic carbocycles. The molecular weight excluding hydrogens is 436 g/mol. The van der Waals surface area contributed by atoms with Crippen molar-refractivity contribution in [3.05, 3.63) is 40.8 Å². The van der Waals surface area contributed by atoms with Gasteiger partial charge in [-0.15, -0.1) is 11.3 Å². The van der Waals surface area contributed by atoms with Crippen LogP contribution < -0.4 is 9.47 Å². The molecule has 0 spiro atoms. The van der Waals surface area contributed by atoms with Crippen LogP contribution in [0.2, 0.25) is 0 Å². The van der Waals surface area contributed by atoms with Crippen molar-refractivity contribution in [2.75, 3.05) is 40.9 Å². The van der Waals surface area contributed by atoms with Crippen molar-refractivity contribution in [3.63, 3.8) is 0 Å². The molecule has 170 valence electrons. The summed E-state index contributed by atoms with van der Waals surface area (Å²) in [6, 6.07) is 9.10. The predicted octanol–water partition coefficient (Wildman–Crippen LogP) is 3.18. The molecule has 1 aromatic heterocycles. The molecule has 0 bridgehead atoms. The maximum absolute atomic E-state index is 12.8. The third kappa shape index (κ3) is 5.78. The summed E-state index contributed by atoms with van der Waals surface area (Å²) >= 11 is 1.20. The second kappa shape index (κ2) is 10.5. The largest absolute Gasteiger partial charge is 0.493 e. The zero-order chi connectivity index (χ0) is 22.4. The molecule has 9 heteroatoms. The topological polar surface area (TPSA) is 76.2 Å². The van der Waals surface area contributed by atoms with Gasteiger partial charge in [0.2, 0.25) is 5.91 Å². The van der Waals surface area contributed by atoms with E-state index in [-0.39, 0.29) is 12.3 Å². The number of hydrogen-bond donors (Lipinski definition) is 0. The first kappa shape index (κ1) is 23.6. The van der Waals surface area contributed by atoms with E-state index in [4.69, 9.17) is 9.47 Å². The number of hydrogen-bond acceptors (Lipinski definition) is 6. The number of sulfonamides is 1. The minimum absolute atomic E-state index is 0.0377. The zero-order valence-corrected chi connectivity index (χ0v) is 19.9. The number of thiophene rings is 1. The average molecular weight is 467 g/mol. The summed E-state index contributed by atoms with van der Waals surface area (Å²) in [5, 5.41) is 0. The molecule has 31 heavy (non-hydrogen) atoms. The summed E-state index contributed by atoms with van der Waals surface area (Å²) in [7, 11) is 1.51. The highest BCUT2D eigenvalue weighted by atomic mass is 32.2. The van der Waals surface area contributed by atoms with Crippen molar-refractivity contribution in [3.8, 4) is 11.5 Å². The first-order valence-electron chi connectivity index (χ1n) is 10.4. The maximum Gasteiger partial charge on any atom is 0.252 e. The van der Waals surface area contributed by atoms with Crippen molar-refractivity contribution in [1.82, 2.24) is 9.21 Å². The highest BCUT2D eigenvalue weighted by Gasteiger charge is 2.27. The van der Waals surface area contributed by atoms with Gasteiger partial charge in [-0.1, -0.05) is 12.5 Å². The van der Waals surface area contributed by atoms with Crippen LogP contribution >= 0.6 is 11.3 Å². The van der Waals surface area contributed by atoms with Gasteiger partial charge >= 0.3 is 0 Å². The minimum Gasteiger partial charge on any atom is -0.493 e. The molecule has 2 aromatic rings. The molecule has 1 aliphatic heterocycles. The van der Waals surface area contributed by atoms with Gasteiger partial charge in [-0.05, 0) is 49.1 Å². The molecule has 7 nitrogen and oxygen atoms in total. The lowest BCUT2D eigenvalue weighted by atomic mass is 10.1. The van der Waals surface area contributed by atoms with Gasteiger partial charge in [0.25, 0.3) is 10.0 Å². The number of methoxy groups -OCH3 is 2. The number of carbonyl (C=O) groups is 1. The Hall–Kier alpha value is -2.10. The number of rotatable bonds is 9. The molecule has 1 amide bonds. The fraction of sp³-hybridized carbons (Fsp3) is 0.500. The van der Waals surface area contributed by atoms with Gasteiger partial charge in [-0.2, -0.15) is 4.31 Å². The summed E-state index contributed by atoms with van der Waals surface area (Å²) in [5.41, 5.74) is 1.04. The Balaban J connectivity index is 1.56. The second-order valence-corrected chi connectivity index (χ2v) is 10.9. The van der Waals surface area contributed by atoms with Crippen molar-refractivity contribution in [2.45, 2.75) is 36.3 Å². The zero-order valence-electron chi connectivity index (χ0n) is 18.3. The van der Waals surface area contributed by atoms with Crippen molar-refractivity contribution >= 4 is 27.3 Å². The summed E-state index contributed by atoms with van der Waals surface area (Å²) in [4.78, 5) is 15.1. The van der Waals surface area contributed by atoms with E-state index in [0.717, 1.165) is 29.7 Å². The number of likely N-dealkylation sites (N-methyl/N-ethyl adjacent to an activating group) is 1. The lowest BCUT2D eigenvalue weighted by Gasteiger charge is -2.25. The summed E-state index contributed by atoms with van der Waals surface area (Å²) in [5.74, 6) is 1.29. The van der Waals surface area contributed by atoms with Crippen molar-refractivity contribution in [1.29, 1.82) is 0 Å². The highest BCUT2D eigenvalue weighted by Crippen LogP contribution is 2.29. The van der Waals surface area contributed by atoms with Gasteiger partial charge in [-0.3, -0.25) is 4.79 Å². The number of nitrogens with zero attached hydrogens (tertiary/aromatic N) is 2. The van der Waals surface area contributed by atoms with Gasteiger partial charge in [0.15, 0.2) is 11.5 Å². The monoisotopic (exact) mass is 466 g/mol. The normalized spacial score (nSPS) is 14.9. The van der Waals surface area contributed by atoms with Crippen LogP contribution in [0, 0.1) is 0 Å². The first-order chi connectivity index (χ1) is 14.8. The third-order valence-electron chi connectivity index (χ3n) is 5.48. The second-order valence-electron chi connectivity index (χ2n) is 7.62. The van der Waals surface area contributed by atoms with E-state index < -0.39 is 10.0 Å². The Morgan fingerprint density at radius 3 is 2.45 bits per heavy atom. The SMILES string of the molecule is COc1ccc(CCN(C)C(=O)Cc2ccc(S(=O)(=O)N3CCCCC3)s2)cc1OC. The fourth-order valence-electron chi connectivity index (χ4n) is 3.57. The van der Waals surface area contributed by atoms with E-state index in [2.05, 4.69) is 0 Å². The molecule has 1 aliphatic rings. The summed E-state index contributed by atoms with van der Waals surface area (Å²) in [6.45, 7) is 1.71. The molecule has 3 rings (SSSR count). The van der Waals surface area contributed by atoms with Crippen LogP contribution in [-0.2, 0) is 27.7 Å². The van der Waals surface area contributed by atoms with Crippen molar-refractivity contribution in [2.24, 2.45) is 0 Å². The molecule has 2 heterocycles. The van der Waals surface area contributed by atoms with Gasteiger partial charge in [0, 0.05) is 31.6 Å². The molecule has 0 aliphatic carbocycles. The predicted molar refractivity (Wildman–Crippen MR) is 122 cm³/mol. The van der Waals surface area contributed by atoms with E-state index in [1.165, 1.54) is 11.3 Å². The van der Waals surface area contributed by atoms with Gasteiger partial charge in [0.1, 0.15) is 4.21 Å². The molecule has 0 saturated carbocycles. The van der Waals surface area contributed by atoms with E-state index in [1.807, 2.05) is 18.2 Å². The molecule has 1 fully saturated rings. The Bertz CT molecular complexity index is 997. The van der Waals surface area contributed by atoms with Crippen LogP contribution in [0.3, 0.4) is 0 Å². The number of piperidine rings is 1. The van der Waals surface area contributed by atoms with Crippen LogP contribution in [-0.4, -0.2) is 64.4 Å². The Morgan fingerprint density at radius 2 is 1.77 bits per heavy atom. The van der Waals surface area contributed by atoms with E-state index in [9.17, 15) is 13.2 Å². The van der Waals surface area contributed by atoms with E-state index in [1.54, 1.807) is 42.6 Å². The number of amides is 1. The Labute approximate surface area is 188 Å². The summed E-state index contributed by atoms with van der Waals surface area (Å²) in [6.07, 6.45) is 3.76. The average Bonchev–Trinajstić information content (AvgIpc) is 3.27. The smallest absolute Gasteiger partial charge is 0.252 e. The minimum atomic E-state index is -3.45. The molecule has 0 N–H and O–H groups in total. The van der Waals surface area contributed by atoms with Gasteiger partial charge in [-0.25, -0.2) is 8.42 Å². The third-order valence-corrected chi connectivity index (χ3v) is 8.93. The van der Waals surface area contributed by atoms with Crippen LogP contribution in [0.5, 0.6) is 11.5 Å². The fourth-order valence-corrected chi connectivity index (χ4v) is 6.58. The quantitative estimate of drug-likeness (QED) is 0.567. The van der Waals surface area contributed by atoms with Gasteiger partial charge < -0.3 is 14.4 Å². The number of ether oxygens (including phenoxy) is 2. The molecule has 0 unspecified atom stereocenters. The first-order valence-corrected chi connectivity index (χ1v) is 12.6. The maximum atomic E-state index is 12.8. The molecule has 1 saturated heterocycles. The molecular formula is C22H30N2O5S2. The summed E-state index contributed by atoms with van der Waals surface area (Å²) < 4.78 is 38.1. The lowest BCUT2D eigenvalue weighted by Crippen LogP contribution is -2.35. The van der Waals surface area contributed by atoms with Crippen LogP contribution in [0.1, 0.15) is 29.7 Å². The molecule has 0 atom stereocenters. The van der Waals surface area contributed by atoms with E-state index in [0.29, 0.717) is 41.8 Å². The Kier molecular flexibility index (Phi) is 7.96. The highest BCUT2D eigenvalue weighted by molar-refractivity contribution is 7.91. The lowest BCUT2D eigenvalue weighted by molar-refractivity contribution is -0.129. The van der Waals surface area contributed by atoms with Crippen molar-refractivity contribution < 1.29 is 22.7 Å². The van der Waals surface area contributed by atoms with Crippen LogP contribution in [0.15, 0.2) is 34.5 Å². The number of carbonyl (C=O) groups excluding carboxylic acids is 1. The number of benzene rings is 1. The van der Waals surface area contributed by atoms with E-state index >= 15 is 0 Å². The van der Waals surface area contributed by atoms with Crippen LogP contribution in [0.4, 0.5) is 0 Å². The van der Waals surface area contributed by atoms with Gasteiger partial charge in [0.05, 0.1) is 20.6 Å².